The number of hydrogen-bond donors (Lipinski definition) is 2. The van der Waals surface area contributed by atoms with E-state index in [4.69, 9.17) is 15.4 Å². The van der Waals surface area contributed by atoms with Crippen LogP contribution in [0.4, 0.5) is 5.82 Å². The highest BCUT2D eigenvalue weighted by Gasteiger charge is 2.35. The molecule has 2 aromatic rings. The van der Waals surface area contributed by atoms with Gasteiger partial charge in [0.25, 0.3) is 0 Å². The van der Waals surface area contributed by atoms with Crippen LogP contribution in [0.1, 0.15) is 12.6 Å². The van der Waals surface area contributed by atoms with Crippen LogP contribution in [0.5, 0.6) is 0 Å². The smallest absolute Gasteiger partial charge is 0.165 e. The fourth-order valence-corrected chi connectivity index (χ4v) is 2.24. The zero-order valence-electron chi connectivity index (χ0n) is 10.2. The lowest BCUT2D eigenvalue weighted by Gasteiger charge is -2.16. The number of rotatable bonds is 3. The van der Waals surface area contributed by atoms with E-state index in [0.29, 0.717) is 17.6 Å². The van der Waals surface area contributed by atoms with Crippen molar-refractivity contribution in [2.75, 3.05) is 6.61 Å². The third-order valence-corrected chi connectivity index (χ3v) is 3.12. The van der Waals surface area contributed by atoms with Crippen LogP contribution in [0.15, 0.2) is 17.8 Å². The Kier molecular flexibility index (Phi) is 3.20. The maximum absolute atomic E-state index is 9.98. The Bertz CT molecular complexity index is 681. The van der Waals surface area contributed by atoms with Crippen LogP contribution in [0.2, 0.25) is 0 Å². The number of aromatic nitrogens is 4. The average molecular weight is 277 g/mol. The second-order valence-electron chi connectivity index (χ2n) is 4.35. The third kappa shape index (κ3) is 1.96. The standard InChI is InChI=1S/C10H11N7O3/c11-16-15-8-7-9(13-3-12-8)17(4-14-7)10-6(19)1-5(2-18)20-10/h3-6,10,18-19H,1-2H2/t5-,6?,10+/m0/s1. The Hall–Kier alpha value is -2.26. The first-order valence-electron chi connectivity index (χ1n) is 5.91. The van der Waals surface area contributed by atoms with Crippen molar-refractivity contribution in [1.29, 1.82) is 0 Å². The molecule has 0 radical (unpaired) electrons. The molecule has 0 saturated carbocycles. The molecule has 0 aromatic carbocycles. The van der Waals surface area contributed by atoms with E-state index in [9.17, 15) is 5.11 Å². The maximum atomic E-state index is 9.98. The number of aliphatic hydroxyl groups is 2. The number of imidazole rings is 1. The van der Waals surface area contributed by atoms with Gasteiger partial charge in [0.2, 0.25) is 0 Å². The minimum atomic E-state index is -0.776. The molecule has 3 rings (SSSR count). The molecule has 2 N–H and O–H groups in total. The van der Waals surface area contributed by atoms with Crippen molar-refractivity contribution in [3.63, 3.8) is 0 Å². The predicted octanol–water partition coefficient (Wildman–Crippen LogP) is 0.409. The lowest BCUT2D eigenvalue weighted by atomic mass is 10.2. The summed E-state index contributed by atoms with van der Waals surface area (Å²) in [6.45, 7) is -0.168. The maximum Gasteiger partial charge on any atom is 0.165 e. The van der Waals surface area contributed by atoms with Crippen LogP contribution in [0.3, 0.4) is 0 Å². The van der Waals surface area contributed by atoms with E-state index in [1.807, 2.05) is 0 Å². The summed E-state index contributed by atoms with van der Waals surface area (Å²) < 4.78 is 7.07. The molecular weight excluding hydrogens is 266 g/mol. The first-order valence-corrected chi connectivity index (χ1v) is 5.91. The second kappa shape index (κ2) is 5.02. The van der Waals surface area contributed by atoms with Gasteiger partial charge in [0.1, 0.15) is 17.9 Å². The molecule has 0 amide bonds. The Morgan fingerprint density at radius 3 is 3.05 bits per heavy atom. The quantitative estimate of drug-likeness (QED) is 0.472. The van der Waals surface area contributed by atoms with Crippen molar-refractivity contribution in [2.24, 2.45) is 5.11 Å². The monoisotopic (exact) mass is 277 g/mol. The second-order valence-corrected chi connectivity index (χ2v) is 4.35. The van der Waals surface area contributed by atoms with E-state index in [1.165, 1.54) is 17.2 Å². The van der Waals surface area contributed by atoms with Gasteiger partial charge in [0, 0.05) is 11.3 Å². The van der Waals surface area contributed by atoms with E-state index < -0.39 is 18.4 Å². The highest BCUT2D eigenvalue weighted by atomic mass is 16.5. The van der Waals surface area contributed by atoms with Gasteiger partial charge in [0.15, 0.2) is 17.7 Å². The molecular formula is C10H11N7O3. The van der Waals surface area contributed by atoms with Crippen molar-refractivity contribution in [1.82, 2.24) is 19.5 Å². The number of hydrogen-bond acceptors (Lipinski definition) is 7. The molecule has 0 spiro atoms. The molecule has 1 aliphatic rings. The van der Waals surface area contributed by atoms with Crippen LogP contribution >= 0.6 is 0 Å². The summed E-state index contributed by atoms with van der Waals surface area (Å²) in [6.07, 6.45) is 1.12. The summed E-state index contributed by atoms with van der Waals surface area (Å²) in [5.41, 5.74) is 9.20. The summed E-state index contributed by atoms with van der Waals surface area (Å²) in [5.74, 6) is 0.113. The molecule has 104 valence electrons. The van der Waals surface area contributed by atoms with E-state index >= 15 is 0 Å². The van der Waals surface area contributed by atoms with Crippen LogP contribution < -0.4 is 0 Å². The topological polar surface area (TPSA) is 142 Å². The minimum Gasteiger partial charge on any atom is -0.394 e. The molecule has 1 saturated heterocycles. The molecule has 3 heterocycles. The lowest BCUT2D eigenvalue weighted by molar-refractivity contribution is -0.0486. The zero-order valence-corrected chi connectivity index (χ0v) is 10.2. The first-order chi connectivity index (χ1) is 9.74. The van der Waals surface area contributed by atoms with Gasteiger partial charge in [0.05, 0.1) is 19.0 Å². The van der Waals surface area contributed by atoms with Crippen molar-refractivity contribution >= 4 is 17.0 Å². The molecule has 0 bridgehead atoms. The summed E-state index contributed by atoms with van der Waals surface area (Å²) in [6, 6.07) is 0. The van der Waals surface area contributed by atoms with Crippen LogP contribution in [0.25, 0.3) is 21.6 Å². The molecule has 10 nitrogen and oxygen atoms in total. The van der Waals surface area contributed by atoms with Crippen molar-refractivity contribution in [2.45, 2.75) is 24.9 Å². The van der Waals surface area contributed by atoms with Gasteiger partial charge in [-0.05, 0) is 10.6 Å². The molecule has 10 heteroatoms. The van der Waals surface area contributed by atoms with E-state index in [0.717, 1.165) is 0 Å². The molecule has 20 heavy (non-hydrogen) atoms. The van der Waals surface area contributed by atoms with Crippen molar-refractivity contribution in [3.05, 3.63) is 23.1 Å². The fourth-order valence-electron chi connectivity index (χ4n) is 2.24. The van der Waals surface area contributed by atoms with E-state index in [-0.39, 0.29) is 12.4 Å². The number of aliphatic hydroxyl groups excluding tert-OH is 2. The molecule has 3 atom stereocenters. The molecule has 1 aliphatic heterocycles. The van der Waals surface area contributed by atoms with Crippen LogP contribution in [-0.4, -0.2) is 48.5 Å². The summed E-state index contributed by atoms with van der Waals surface area (Å²) in [7, 11) is 0. The van der Waals surface area contributed by atoms with E-state index in [2.05, 4.69) is 25.0 Å². The summed E-state index contributed by atoms with van der Waals surface area (Å²) >= 11 is 0. The van der Waals surface area contributed by atoms with Gasteiger partial charge in [-0.1, -0.05) is 0 Å². The SMILES string of the molecule is [N-]=[N+]=Nc1ncnc2c1ncn2[C@@H]1O[C@H](CO)CC1O. The number of azide groups is 1. The third-order valence-electron chi connectivity index (χ3n) is 3.12. The van der Waals surface area contributed by atoms with Crippen LogP contribution in [-0.2, 0) is 4.74 Å². The molecule has 1 unspecified atom stereocenters. The number of ether oxygens (including phenoxy) is 1. The Morgan fingerprint density at radius 1 is 1.50 bits per heavy atom. The van der Waals surface area contributed by atoms with Gasteiger partial charge >= 0.3 is 0 Å². The van der Waals surface area contributed by atoms with E-state index in [1.54, 1.807) is 0 Å². The van der Waals surface area contributed by atoms with Crippen molar-refractivity contribution in [3.8, 4) is 0 Å². The molecule has 0 aliphatic carbocycles. The molecule has 2 aromatic heterocycles. The summed E-state index contributed by atoms with van der Waals surface area (Å²) in [4.78, 5) is 14.7. The predicted molar refractivity (Wildman–Crippen MR) is 65.7 cm³/mol. The van der Waals surface area contributed by atoms with Crippen molar-refractivity contribution < 1.29 is 14.9 Å². The van der Waals surface area contributed by atoms with Crippen LogP contribution in [0, 0.1) is 0 Å². The largest absolute Gasteiger partial charge is 0.394 e. The summed E-state index contributed by atoms with van der Waals surface area (Å²) in [5, 5.41) is 22.5. The van der Waals surface area contributed by atoms with Gasteiger partial charge in [-0.25, -0.2) is 15.0 Å². The Morgan fingerprint density at radius 2 is 2.35 bits per heavy atom. The highest BCUT2D eigenvalue weighted by Crippen LogP contribution is 2.31. The number of nitrogens with zero attached hydrogens (tertiary/aromatic N) is 7. The molecule has 1 fully saturated rings. The van der Waals surface area contributed by atoms with Gasteiger partial charge in [-0.3, -0.25) is 4.57 Å². The average Bonchev–Trinajstić information content (AvgIpc) is 3.03. The Labute approximate surface area is 112 Å². The lowest BCUT2D eigenvalue weighted by Crippen LogP contribution is -2.19. The fraction of sp³-hybridized carbons (Fsp3) is 0.500. The zero-order chi connectivity index (χ0) is 14.1. The van der Waals surface area contributed by atoms with Gasteiger partial charge < -0.3 is 14.9 Å². The van der Waals surface area contributed by atoms with Gasteiger partial charge in [-0.15, -0.1) is 0 Å². The Balaban J connectivity index is 2.05. The van der Waals surface area contributed by atoms with Gasteiger partial charge in [-0.2, -0.15) is 0 Å². The first kappa shape index (κ1) is 12.8. The minimum absolute atomic E-state index is 0.113. The highest BCUT2D eigenvalue weighted by molar-refractivity contribution is 5.80. The normalized spacial score (nSPS) is 25.8. The number of fused-ring (bicyclic) bond motifs is 1.